The fourth-order valence-electron chi connectivity index (χ4n) is 3.94. The molecule has 0 fully saturated rings. The molecule has 0 unspecified atom stereocenters. The van der Waals surface area contributed by atoms with Gasteiger partial charge >= 0.3 is 5.97 Å². The maximum atomic E-state index is 12.8. The molecule has 0 saturated carbocycles. The van der Waals surface area contributed by atoms with Gasteiger partial charge in [-0.25, -0.2) is 9.78 Å². The highest BCUT2D eigenvalue weighted by atomic mass is 16.5. The van der Waals surface area contributed by atoms with Crippen LogP contribution in [0.15, 0.2) is 54.7 Å². The van der Waals surface area contributed by atoms with Crippen LogP contribution in [0.25, 0.3) is 22.8 Å². The molecule has 2 aromatic carbocycles. The molecule has 0 bridgehead atoms. The van der Waals surface area contributed by atoms with E-state index in [0.717, 1.165) is 38.7 Å². The van der Waals surface area contributed by atoms with Gasteiger partial charge in [0.15, 0.2) is 11.6 Å². The van der Waals surface area contributed by atoms with Gasteiger partial charge < -0.3 is 10.1 Å². The lowest BCUT2D eigenvalue weighted by atomic mass is 10.0. The normalized spacial score (nSPS) is 11.2. The summed E-state index contributed by atoms with van der Waals surface area (Å²) < 4.78 is 6.65. The number of rotatable bonds is 6. The van der Waals surface area contributed by atoms with Crippen molar-refractivity contribution in [2.75, 3.05) is 11.9 Å². The molecule has 0 aliphatic carbocycles. The lowest BCUT2D eigenvalue weighted by Crippen LogP contribution is -2.16. The number of carbonyl (C=O) groups excluding carboxylic acids is 2. The number of hydrogen-bond donors (Lipinski definition) is 1. The van der Waals surface area contributed by atoms with Gasteiger partial charge in [0, 0.05) is 11.5 Å². The number of fused-ring (bicyclic) bond motifs is 1. The van der Waals surface area contributed by atoms with E-state index in [-0.39, 0.29) is 18.0 Å². The molecular formula is C28H28N4O3. The zero-order valence-corrected chi connectivity index (χ0v) is 20.5. The summed E-state index contributed by atoms with van der Waals surface area (Å²) in [4.78, 5) is 30.2. The first-order valence-corrected chi connectivity index (χ1v) is 11.5. The highest BCUT2D eigenvalue weighted by molar-refractivity contribution is 6.05. The van der Waals surface area contributed by atoms with E-state index in [4.69, 9.17) is 9.72 Å². The molecule has 1 N–H and O–H groups in total. The monoisotopic (exact) mass is 468 g/mol. The van der Waals surface area contributed by atoms with Crippen molar-refractivity contribution < 1.29 is 14.3 Å². The lowest BCUT2D eigenvalue weighted by molar-refractivity contribution is -0.111. The zero-order valence-electron chi connectivity index (χ0n) is 20.5. The number of amides is 1. The molecule has 7 heteroatoms. The Morgan fingerprint density at radius 2 is 1.74 bits per heavy atom. The van der Waals surface area contributed by atoms with Crippen molar-refractivity contribution in [2.24, 2.45) is 0 Å². The van der Waals surface area contributed by atoms with E-state index in [1.807, 2.05) is 51.1 Å². The van der Waals surface area contributed by atoms with Crippen molar-refractivity contribution in [1.82, 2.24) is 14.8 Å². The Morgan fingerprint density at radius 3 is 2.46 bits per heavy atom. The second-order valence-electron chi connectivity index (χ2n) is 8.55. The Morgan fingerprint density at radius 1 is 1.00 bits per heavy atom. The largest absolute Gasteiger partial charge is 0.462 e. The van der Waals surface area contributed by atoms with Crippen LogP contribution < -0.4 is 5.32 Å². The first kappa shape index (κ1) is 23.9. The van der Waals surface area contributed by atoms with E-state index in [1.54, 1.807) is 13.0 Å². The summed E-state index contributed by atoms with van der Waals surface area (Å²) in [5.41, 5.74) is 6.24. The molecule has 0 spiro atoms. The number of aryl methyl sites for hydroxylation is 4. The average molecular weight is 469 g/mol. The maximum absolute atomic E-state index is 12.8. The predicted octanol–water partition coefficient (Wildman–Crippen LogP) is 5.48. The fraction of sp³-hybridized carbons (Fsp3) is 0.214. The molecule has 4 aromatic rings. The SMILES string of the molecule is CCOC(=O)c1cnn(-c2cc(C)c3cc(C)cc(C)c3n2)c1NC(=O)/C=C/c1ccc(C)cc1. The van der Waals surface area contributed by atoms with E-state index in [1.165, 1.54) is 17.0 Å². The molecule has 7 nitrogen and oxygen atoms in total. The molecule has 35 heavy (non-hydrogen) atoms. The minimum atomic E-state index is -0.569. The Kier molecular flexibility index (Phi) is 6.78. The van der Waals surface area contributed by atoms with Crippen molar-refractivity contribution in [2.45, 2.75) is 34.6 Å². The van der Waals surface area contributed by atoms with Crippen LogP contribution in [0.2, 0.25) is 0 Å². The number of anilines is 1. The van der Waals surface area contributed by atoms with Crippen LogP contribution >= 0.6 is 0 Å². The van der Waals surface area contributed by atoms with Crippen LogP contribution in [-0.2, 0) is 9.53 Å². The molecule has 2 heterocycles. The van der Waals surface area contributed by atoms with Crippen molar-refractivity contribution in [3.63, 3.8) is 0 Å². The van der Waals surface area contributed by atoms with Crippen molar-refractivity contribution in [1.29, 1.82) is 0 Å². The fourth-order valence-corrected chi connectivity index (χ4v) is 3.94. The molecule has 0 radical (unpaired) electrons. The topological polar surface area (TPSA) is 86.1 Å². The third-order valence-electron chi connectivity index (χ3n) is 5.67. The van der Waals surface area contributed by atoms with Gasteiger partial charge in [0.1, 0.15) is 5.56 Å². The molecule has 1 amide bonds. The van der Waals surface area contributed by atoms with Gasteiger partial charge in [0.2, 0.25) is 5.91 Å². The molecule has 4 rings (SSSR count). The first-order chi connectivity index (χ1) is 16.8. The Hall–Kier alpha value is -4.26. The van der Waals surface area contributed by atoms with Crippen LogP contribution in [0.4, 0.5) is 5.82 Å². The second-order valence-corrected chi connectivity index (χ2v) is 8.55. The number of esters is 1. The van der Waals surface area contributed by atoms with Crippen molar-refractivity contribution in [3.8, 4) is 5.82 Å². The van der Waals surface area contributed by atoms with Gasteiger partial charge in [-0.05, 0) is 69.5 Å². The Balaban J connectivity index is 1.75. The number of pyridine rings is 1. The first-order valence-electron chi connectivity index (χ1n) is 11.5. The van der Waals surface area contributed by atoms with Gasteiger partial charge in [-0.3, -0.25) is 4.79 Å². The maximum Gasteiger partial charge on any atom is 0.343 e. The van der Waals surface area contributed by atoms with Gasteiger partial charge in [0.25, 0.3) is 0 Å². The van der Waals surface area contributed by atoms with Crippen LogP contribution in [0.1, 0.15) is 45.1 Å². The Labute approximate surface area is 204 Å². The predicted molar refractivity (Wildman–Crippen MR) is 138 cm³/mol. The standard InChI is InChI=1S/C28H28N4O3/c1-6-35-28(34)23-16-29-32(24-15-19(4)22-14-18(3)13-20(5)26(22)30-24)27(23)31-25(33)12-11-21-9-7-17(2)8-10-21/h7-16H,6H2,1-5H3,(H,31,33)/b12-11+. The number of ether oxygens (including phenoxy) is 1. The number of nitrogens with zero attached hydrogens (tertiary/aromatic N) is 3. The van der Waals surface area contributed by atoms with Crippen LogP contribution in [0, 0.1) is 27.7 Å². The Bertz CT molecular complexity index is 1450. The number of hydrogen-bond acceptors (Lipinski definition) is 5. The quantitative estimate of drug-likeness (QED) is 0.299. The minimum absolute atomic E-state index is 0.157. The molecule has 0 aliphatic rings. The highest BCUT2D eigenvalue weighted by Crippen LogP contribution is 2.27. The van der Waals surface area contributed by atoms with E-state index in [2.05, 4.69) is 29.5 Å². The number of benzene rings is 2. The molecule has 0 aliphatic heterocycles. The summed E-state index contributed by atoms with van der Waals surface area (Å²) in [6.07, 6.45) is 4.52. The van der Waals surface area contributed by atoms with E-state index in [0.29, 0.717) is 5.82 Å². The molecule has 0 saturated heterocycles. The van der Waals surface area contributed by atoms with Crippen LogP contribution in [0.5, 0.6) is 0 Å². The molecule has 0 atom stereocenters. The number of aromatic nitrogens is 3. The van der Waals surface area contributed by atoms with Gasteiger partial charge in [-0.15, -0.1) is 0 Å². The number of nitrogens with one attached hydrogen (secondary N) is 1. The molecular weight excluding hydrogens is 440 g/mol. The summed E-state index contributed by atoms with van der Waals surface area (Å²) in [5.74, 6) is -0.267. The average Bonchev–Trinajstić information content (AvgIpc) is 3.23. The van der Waals surface area contributed by atoms with E-state index in [9.17, 15) is 9.59 Å². The van der Waals surface area contributed by atoms with E-state index < -0.39 is 11.9 Å². The molecule has 2 aromatic heterocycles. The summed E-state index contributed by atoms with van der Waals surface area (Å²) >= 11 is 0. The van der Waals surface area contributed by atoms with Gasteiger partial charge in [-0.2, -0.15) is 9.78 Å². The summed E-state index contributed by atoms with van der Waals surface area (Å²) in [5, 5.41) is 8.24. The minimum Gasteiger partial charge on any atom is -0.462 e. The summed E-state index contributed by atoms with van der Waals surface area (Å²) in [6, 6.07) is 13.9. The smallest absolute Gasteiger partial charge is 0.343 e. The highest BCUT2D eigenvalue weighted by Gasteiger charge is 2.22. The second kappa shape index (κ2) is 9.93. The van der Waals surface area contributed by atoms with Crippen molar-refractivity contribution >= 4 is 34.7 Å². The summed E-state index contributed by atoms with van der Waals surface area (Å²) in [7, 11) is 0. The number of carbonyl (C=O) groups is 2. The summed E-state index contributed by atoms with van der Waals surface area (Å²) in [6.45, 7) is 10.0. The third kappa shape index (κ3) is 5.14. The van der Waals surface area contributed by atoms with Crippen LogP contribution in [0.3, 0.4) is 0 Å². The van der Waals surface area contributed by atoms with Crippen LogP contribution in [-0.4, -0.2) is 33.2 Å². The lowest BCUT2D eigenvalue weighted by Gasteiger charge is -2.13. The zero-order chi connectivity index (χ0) is 25.1. The van der Waals surface area contributed by atoms with E-state index >= 15 is 0 Å². The van der Waals surface area contributed by atoms with Gasteiger partial charge in [0.05, 0.1) is 18.3 Å². The van der Waals surface area contributed by atoms with Crippen molar-refractivity contribution in [3.05, 3.63) is 88.1 Å². The molecule has 178 valence electrons. The van der Waals surface area contributed by atoms with Gasteiger partial charge in [-0.1, -0.05) is 41.5 Å². The third-order valence-corrected chi connectivity index (χ3v) is 5.67.